The molecule has 2 N–H and O–H groups in total. The number of fused-ring (bicyclic) bond motifs is 1. The van der Waals surface area contributed by atoms with Crippen molar-refractivity contribution in [3.8, 4) is 5.69 Å². The number of aromatic nitrogens is 3. The molecule has 7 rings (SSSR count). The van der Waals surface area contributed by atoms with Gasteiger partial charge in [-0.1, -0.05) is 37.1 Å². The third-order valence-corrected chi connectivity index (χ3v) is 9.17. The van der Waals surface area contributed by atoms with Crippen LogP contribution in [-0.4, -0.2) is 26.0 Å². The predicted molar refractivity (Wildman–Crippen MR) is 152 cm³/mol. The minimum atomic E-state index is 0.00461. The van der Waals surface area contributed by atoms with Crippen molar-refractivity contribution in [1.29, 1.82) is 0 Å². The molecule has 6 nitrogen and oxygen atoms in total. The van der Waals surface area contributed by atoms with Crippen LogP contribution in [0.3, 0.4) is 0 Å². The van der Waals surface area contributed by atoms with Crippen LogP contribution in [0.5, 0.6) is 0 Å². The first-order valence-corrected chi connectivity index (χ1v) is 14.4. The number of benzene rings is 2. The number of hydrogen-bond acceptors (Lipinski definition) is 4. The molecule has 37 heavy (non-hydrogen) atoms. The number of rotatable bonds is 7. The van der Waals surface area contributed by atoms with Gasteiger partial charge < -0.3 is 10.6 Å². The van der Waals surface area contributed by atoms with Crippen LogP contribution in [0.25, 0.3) is 16.7 Å². The van der Waals surface area contributed by atoms with Gasteiger partial charge in [0.2, 0.25) is 5.91 Å². The highest BCUT2D eigenvalue weighted by atomic mass is 35.5. The van der Waals surface area contributed by atoms with Crippen LogP contribution in [-0.2, 0) is 11.2 Å². The lowest BCUT2D eigenvalue weighted by Gasteiger charge is -2.56. The van der Waals surface area contributed by atoms with Gasteiger partial charge in [-0.3, -0.25) is 4.79 Å². The van der Waals surface area contributed by atoms with Gasteiger partial charge in [0.25, 0.3) is 0 Å². The number of thiocarbonyl (C=S) groups is 1. The Morgan fingerprint density at radius 3 is 2.30 bits per heavy atom. The number of nitrogens with zero attached hydrogens (tertiary/aromatic N) is 3. The Bertz CT molecular complexity index is 1300. The number of unbranched alkanes of at least 4 members (excludes halogenated alkanes) is 1. The second-order valence-electron chi connectivity index (χ2n) is 11.7. The molecule has 4 aliphatic carbocycles. The van der Waals surface area contributed by atoms with Crippen molar-refractivity contribution in [2.45, 2.75) is 71.1 Å². The third-order valence-electron chi connectivity index (χ3n) is 8.66. The smallest absolute Gasteiger partial charge is 0.226 e. The summed E-state index contributed by atoms with van der Waals surface area (Å²) in [5.74, 6) is 2.47. The lowest BCUT2D eigenvalue weighted by Crippen LogP contribution is -2.48. The molecule has 8 heteroatoms. The molecule has 0 radical (unpaired) electrons. The van der Waals surface area contributed by atoms with Crippen molar-refractivity contribution in [2.24, 2.45) is 23.2 Å². The summed E-state index contributed by atoms with van der Waals surface area (Å²) in [6.07, 6.45) is 11.7. The summed E-state index contributed by atoms with van der Waals surface area (Å²) in [6, 6.07) is 11.9. The molecule has 0 saturated heterocycles. The summed E-state index contributed by atoms with van der Waals surface area (Å²) < 4.78 is 0. The van der Waals surface area contributed by atoms with E-state index in [9.17, 15) is 4.79 Å². The van der Waals surface area contributed by atoms with E-state index >= 15 is 0 Å². The van der Waals surface area contributed by atoms with Crippen molar-refractivity contribution in [3.63, 3.8) is 0 Å². The highest BCUT2D eigenvalue weighted by Crippen LogP contribution is 2.61. The first-order valence-electron chi connectivity index (χ1n) is 13.6. The van der Waals surface area contributed by atoms with E-state index in [0.717, 1.165) is 29.9 Å². The molecule has 4 aliphatic rings. The average molecular weight is 536 g/mol. The van der Waals surface area contributed by atoms with Crippen LogP contribution in [0, 0.1) is 23.2 Å². The van der Waals surface area contributed by atoms with E-state index in [1.807, 2.05) is 18.2 Å². The molecule has 194 valence electrons. The van der Waals surface area contributed by atoms with Gasteiger partial charge in [0, 0.05) is 6.42 Å². The zero-order valence-corrected chi connectivity index (χ0v) is 22.9. The third kappa shape index (κ3) is 5.26. The van der Waals surface area contributed by atoms with E-state index in [2.05, 4.69) is 39.9 Å². The standard InChI is InChI=1S/C29H34ClN5OS/c1-2-3-4-18-5-7-22(8-6-18)35-33-25-12-23(30)24(13-26(25)34-35)31-28(37)32-27(36)17-29-14-19-9-20(15-29)11-21(10-19)16-29/h5-8,12-13,19-21H,2-4,9-11,14-17H2,1H3,(H2,31,32,36,37). The van der Waals surface area contributed by atoms with E-state index in [-0.39, 0.29) is 16.4 Å². The summed E-state index contributed by atoms with van der Waals surface area (Å²) in [5.41, 5.74) is 4.39. The second kappa shape index (κ2) is 9.99. The van der Waals surface area contributed by atoms with Crippen LogP contribution in [0.4, 0.5) is 5.69 Å². The molecule has 4 bridgehead atoms. The summed E-state index contributed by atoms with van der Waals surface area (Å²) >= 11 is 12.0. The maximum Gasteiger partial charge on any atom is 0.226 e. The molecule has 3 aromatic rings. The summed E-state index contributed by atoms with van der Waals surface area (Å²) in [6.45, 7) is 2.20. The van der Waals surface area contributed by atoms with Gasteiger partial charge in [-0.25, -0.2) is 0 Å². The van der Waals surface area contributed by atoms with Crippen LogP contribution in [0.15, 0.2) is 36.4 Å². The van der Waals surface area contributed by atoms with Gasteiger partial charge >= 0.3 is 0 Å². The molecule has 0 spiro atoms. The summed E-state index contributed by atoms with van der Waals surface area (Å²) in [7, 11) is 0. The Balaban J connectivity index is 1.11. The fourth-order valence-electron chi connectivity index (χ4n) is 7.50. The maximum atomic E-state index is 13.0. The monoisotopic (exact) mass is 535 g/mol. The molecule has 0 unspecified atom stereocenters. The van der Waals surface area contributed by atoms with Gasteiger partial charge in [-0.05, 0) is 117 Å². The van der Waals surface area contributed by atoms with Gasteiger partial charge in [0.15, 0.2) is 5.11 Å². The maximum absolute atomic E-state index is 13.0. The molecule has 4 fully saturated rings. The number of carbonyl (C=O) groups excluding carboxylic acids is 1. The topological polar surface area (TPSA) is 71.8 Å². The molecular weight excluding hydrogens is 502 g/mol. The highest BCUT2D eigenvalue weighted by molar-refractivity contribution is 7.80. The number of aryl methyl sites for hydroxylation is 1. The molecule has 1 heterocycles. The van der Waals surface area contributed by atoms with Gasteiger partial charge in [-0.15, -0.1) is 10.2 Å². The fraction of sp³-hybridized carbons (Fsp3) is 0.517. The van der Waals surface area contributed by atoms with Crippen LogP contribution >= 0.6 is 23.8 Å². The molecule has 0 atom stereocenters. The Morgan fingerprint density at radius 1 is 1.05 bits per heavy atom. The predicted octanol–water partition coefficient (Wildman–Crippen LogP) is 6.84. The van der Waals surface area contributed by atoms with Crippen molar-refractivity contribution in [2.75, 3.05) is 5.32 Å². The minimum Gasteiger partial charge on any atom is -0.331 e. The SMILES string of the molecule is CCCCc1ccc(-n2nc3cc(Cl)c(NC(=S)NC(=O)CC45CC6CC(CC(C6)C4)C5)cc3n2)cc1. The average Bonchev–Trinajstić information content (AvgIpc) is 3.24. The van der Waals surface area contributed by atoms with Gasteiger partial charge in [0.1, 0.15) is 11.0 Å². The fourth-order valence-corrected chi connectivity index (χ4v) is 7.93. The number of carbonyl (C=O) groups is 1. The van der Waals surface area contributed by atoms with Crippen LogP contribution in [0.2, 0.25) is 5.02 Å². The largest absolute Gasteiger partial charge is 0.331 e. The Kier molecular flexibility index (Phi) is 6.70. The number of hydrogen-bond donors (Lipinski definition) is 2. The van der Waals surface area contributed by atoms with Crippen LogP contribution < -0.4 is 10.6 Å². The number of amides is 1. The molecule has 2 aromatic carbocycles. The Hall–Kier alpha value is -2.51. The lowest BCUT2D eigenvalue weighted by atomic mass is 9.49. The van der Waals surface area contributed by atoms with Crippen molar-refractivity contribution in [1.82, 2.24) is 20.3 Å². The summed E-state index contributed by atoms with van der Waals surface area (Å²) in [4.78, 5) is 14.6. The lowest BCUT2D eigenvalue weighted by molar-refractivity contribution is -0.127. The van der Waals surface area contributed by atoms with Crippen molar-refractivity contribution < 1.29 is 4.79 Å². The van der Waals surface area contributed by atoms with Crippen molar-refractivity contribution in [3.05, 3.63) is 47.0 Å². The number of halogens is 1. The van der Waals surface area contributed by atoms with Gasteiger partial charge in [0.05, 0.1) is 16.4 Å². The van der Waals surface area contributed by atoms with Gasteiger partial charge in [-0.2, -0.15) is 4.80 Å². The minimum absolute atomic E-state index is 0.00461. The first-order chi connectivity index (χ1) is 17.9. The Morgan fingerprint density at radius 2 is 1.68 bits per heavy atom. The normalized spacial score (nSPS) is 25.9. The van der Waals surface area contributed by atoms with E-state index in [0.29, 0.717) is 28.2 Å². The molecule has 1 amide bonds. The molecule has 4 saturated carbocycles. The zero-order chi connectivity index (χ0) is 25.6. The zero-order valence-electron chi connectivity index (χ0n) is 21.3. The van der Waals surface area contributed by atoms with E-state index in [1.165, 1.54) is 56.9 Å². The van der Waals surface area contributed by atoms with E-state index in [4.69, 9.17) is 23.8 Å². The molecule has 1 aromatic heterocycles. The number of anilines is 1. The number of nitrogens with one attached hydrogen (secondary N) is 2. The highest BCUT2D eigenvalue weighted by Gasteiger charge is 2.51. The molecule has 0 aliphatic heterocycles. The quantitative estimate of drug-likeness (QED) is 0.324. The molecular formula is C29H34ClN5OS. The van der Waals surface area contributed by atoms with E-state index < -0.39 is 0 Å². The van der Waals surface area contributed by atoms with E-state index in [1.54, 1.807) is 10.9 Å². The second-order valence-corrected chi connectivity index (χ2v) is 12.5. The first kappa shape index (κ1) is 24.8. The Labute approximate surface area is 228 Å². The van der Waals surface area contributed by atoms with Crippen molar-refractivity contribution >= 4 is 51.6 Å². The summed E-state index contributed by atoms with van der Waals surface area (Å²) in [5, 5.41) is 16.0. The van der Waals surface area contributed by atoms with Crippen LogP contribution in [0.1, 0.15) is 70.3 Å².